The molecule has 6 nitrogen and oxygen atoms in total. The van der Waals surface area contributed by atoms with Crippen LogP contribution in [0.15, 0.2) is 24.3 Å². The fourth-order valence-electron chi connectivity index (χ4n) is 1.53. The number of carboxylic acids is 1. The van der Waals surface area contributed by atoms with E-state index in [0.29, 0.717) is 36.9 Å². The number of urea groups is 1. The number of aliphatic carboxylic acids is 1. The number of carbonyl (C=O) groups excluding carboxylic acids is 1. The van der Waals surface area contributed by atoms with Gasteiger partial charge in [-0.05, 0) is 18.6 Å². The van der Waals surface area contributed by atoms with Gasteiger partial charge in [-0.3, -0.25) is 4.79 Å². The third-order valence-electron chi connectivity index (χ3n) is 2.71. The van der Waals surface area contributed by atoms with E-state index in [2.05, 4.69) is 5.32 Å². The van der Waals surface area contributed by atoms with Gasteiger partial charge >= 0.3 is 12.0 Å². The molecule has 0 bridgehead atoms. The van der Waals surface area contributed by atoms with Crippen LogP contribution in [0.3, 0.4) is 0 Å². The highest BCUT2D eigenvalue weighted by Gasteiger charge is 2.08. The highest BCUT2D eigenvalue weighted by Crippen LogP contribution is 2.22. The average Bonchev–Trinajstić information content (AvgIpc) is 2.45. The molecule has 0 saturated heterocycles. The van der Waals surface area contributed by atoms with Crippen LogP contribution in [0.5, 0.6) is 5.75 Å². The Morgan fingerprint density at radius 2 is 2.10 bits per heavy atom. The number of carbonyl (C=O) groups is 2. The molecule has 1 aromatic rings. The number of benzene rings is 1. The van der Waals surface area contributed by atoms with E-state index in [9.17, 15) is 9.59 Å². The summed E-state index contributed by atoms with van der Waals surface area (Å²) in [5.74, 6) is -0.292. The van der Waals surface area contributed by atoms with Gasteiger partial charge in [-0.1, -0.05) is 23.7 Å². The second kappa shape index (κ2) is 9.07. The van der Waals surface area contributed by atoms with E-state index in [-0.39, 0.29) is 12.5 Å². The molecule has 0 aromatic heterocycles. The Morgan fingerprint density at radius 1 is 1.38 bits per heavy atom. The van der Waals surface area contributed by atoms with E-state index >= 15 is 0 Å². The Kier molecular flexibility index (Phi) is 7.39. The van der Waals surface area contributed by atoms with Gasteiger partial charge in [0.1, 0.15) is 12.4 Å². The fourth-order valence-corrected chi connectivity index (χ4v) is 1.72. The first-order chi connectivity index (χ1) is 10.0. The molecule has 2 N–H and O–H groups in total. The van der Waals surface area contributed by atoms with Crippen LogP contribution in [-0.2, 0) is 4.79 Å². The number of halogens is 1. The largest absolute Gasteiger partial charge is 0.490 e. The average molecular weight is 315 g/mol. The SMILES string of the molecule is CN(CCOc1ccccc1Cl)C(=O)NCCCC(=O)O. The monoisotopic (exact) mass is 314 g/mol. The molecule has 116 valence electrons. The Morgan fingerprint density at radius 3 is 2.76 bits per heavy atom. The maximum absolute atomic E-state index is 11.7. The first-order valence-electron chi connectivity index (χ1n) is 6.59. The van der Waals surface area contributed by atoms with Crippen molar-refractivity contribution in [2.24, 2.45) is 0 Å². The molecule has 0 heterocycles. The Labute approximate surface area is 128 Å². The molecular weight excluding hydrogens is 296 g/mol. The van der Waals surface area contributed by atoms with Crippen molar-refractivity contribution < 1.29 is 19.4 Å². The normalized spacial score (nSPS) is 10.0. The zero-order valence-corrected chi connectivity index (χ0v) is 12.6. The predicted octanol–water partition coefficient (Wildman–Crippen LogP) is 2.23. The molecule has 21 heavy (non-hydrogen) atoms. The number of amides is 2. The van der Waals surface area contributed by atoms with Crippen LogP contribution in [0.25, 0.3) is 0 Å². The molecule has 7 heteroatoms. The van der Waals surface area contributed by atoms with E-state index in [4.69, 9.17) is 21.4 Å². The lowest BCUT2D eigenvalue weighted by Crippen LogP contribution is -2.39. The number of nitrogens with zero attached hydrogens (tertiary/aromatic N) is 1. The van der Waals surface area contributed by atoms with Crippen molar-refractivity contribution >= 4 is 23.6 Å². The Balaban J connectivity index is 2.21. The molecule has 0 aliphatic heterocycles. The number of rotatable bonds is 8. The molecule has 0 spiro atoms. The number of hydrogen-bond donors (Lipinski definition) is 2. The molecule has 0 atom stereocenters. The summed E-state index contributed by atoms with van der Waals surface area (Å²) < 4.78 is 5.48. The Hall–Kier alpha value is -1.95. The van der Waals surface area contributed by atoms with Crippen LogP contribution in [-0.4, -0.2) is 48.8 Å². The summed E-state index contributed by atoms with van der Waals surface area (Å²) in [6.45, 7) is 1.06. The van der Waals surface area contributed by atoms with Gasteiger partial charge in [0, 0.05) is 20.0 Å². The van der Waals surface area contributed by atoms with Crippen LogP contribution >= 0.6 is 11.6 Å². The molecule has 0 aliphatic rings. The number of nitrogens with one attached hydrogen (secondary N) is 1. The van der Waals surface area contributed by atoms with Crippen LogP contribution in [0, 0.1) is 0 Å². The van der Waals surface area contributed by atoms with Gasteiger partial charge in [0.15, 0.2) is 0 Å². The maximum Gasteiger partial charge on any atom is 0.317 e. The lowest BCUT2D eigenvalue weighted by Gasteiger charge is -2.18. The summed E-state index contributed by atoms with van der Waals surface area (Å²) in [6.07, 6.45) is 0.449. The van der Waals surface area contributed by atoms with Crippen LogP contribution < -0.4 is 10.1 Å². The summed E-state index contributed by atoms with van der Waals surface area (Å²) >= 11 is 5.95. The van der Waals surface area contributed by atoms with Gasteiger partial charge in [0.2, 0.25) is 0 Å². The molecule has 0 radical (unpaired) electrons. The van der Waals surface area contributed by atoms with Crippen LogP contribution in [0.2, 0.25) is 5.02 Å². The molecular formula is C14H19ClN2O4. The first kappa shape index (κ1) is 17.1. The maximum atomic E-state index is 11.7. The van der Waals surface area contributed by atoms with Crippen molar-refractivity contribution in [3.8, 4) is 5.75 Å². The van der Waals surface area contributed by atoms with Crippen molar-refractivity contribution in [1.29, 1.82) is 0 Å². The lowest BCUT2D eigenvalue weighted by molar-refractivity contribution is -0.137. The number of hydrogen-bond acceptors (Lipinski definition) is 3. The van der Waals surface area contributed by atoms with Crippen LogP contribution in [0.1, 0.15) is 12.8 Å². The molecule has 1 aromatic carbocycles. The minimum atomic E-state index is -0.870. The Bertz CT molecular complexity index is 482. The van der Waals surface area contributed by atoms with Gasteiger partial charge < -0.3 is 20.1 Å². The fraction of sp³-hybridized carbons (Fsp3) is 0.429. The summed E-state index contributed by atoms with van der Waals surface area (Å²) in [7, 11) is 1.64. The van der Waals surface area contributed by atoms with E-state index < -0.39 is 5.97 Å². The predicted molar refractivity (Wildman–Crippen MR) is 79.8 cm³/mol. The van der Waals surface area contributed by atoms with Gasteiger partial charge in [-0.2, -0.15) is 0 Å². The summed E-state index contributed by atoms with van der Waals surface area (Å²) in [4.78, 5) is 23.5. The first-order valence-corrected chi connectivity index (χ1v) is 6.96. The molecule has 1 rings (SSSR count). The summed E-state index contributed by atoms with van der Waals surface area (Å²) in [5.41, 5.74) is 0. The summed E-state index contributed by atoms with van der Waals surface area (Å²) in [6, 6.07) is 6.86. The van der Waals surface area contributed by atoms with E-state index in [1.54, 1.807) is 19.2 Å². The van der Waals surface area contributed by atoms with Crippen molar-refractivity contribution in [1.82, 2.24) is 10.2 Å². The second-order valence-corrected chi connectivity index (χ2v) is 4.84. The quantitative estimate of drug-likeness (QED) is 0.721. The van der Waals surface area contributed by atoms with Crippen LogP contribution in [0.4, 0.5) is 4.79 Å². The lowest BCUT2D eigenvalue weighted by atomic mass is 10.3. The highest BCUT2D eigenvalue weighted by atomic mass is 35.5. The zero-order valence-electron chi connectivity index (χ0n) is 11.8. The van der Waals surface area contributed by atoms with Crippen molar-refractivity contribution in [3.05, 3.63) is 29.3 Å². The minimum absolute atomic E-state index is 0.0413. The third-order valence-corrected chi connectivity index (χ3v) is 3.02. The number of ether oxygens (including phenoxy) is 1. The molecule has 0 unspecified atom stereocenters. The van der Waals surface area contributed by atoms with E-state index in [1.165, 1.54) is 4.90 Å². The van der Waals surface area contributed by atoms with E-state index in [0.717, 1.165) is 0 Å². The molecule has 0 aliphatic carbocycles. The van der Waals surface area contributed by atoms with Crippen molar-refractivity contribution in [3.63, 3.8) is 0 Å². The van der Waals surface area contributed by atoms with Gasteiger partial charge in [0.05, 0.1) is 11.6 Å². The smallest absolute Gasteiger partial charge is 0.317 e. The zero-order chi connectivity index (χ0) is 15.7. The third kappa shape index (κ3) is 6.85. The van der Waals surface area contributed by atoms with Crippen molar-refractivity contribution in [2.75, 3.05) is 26.7 Å². The van der Waals surface area contributed by atoms with Gasteiger partial charge in [-0.15, -0.1) is 0 Å². The molecule has 0 fully saturated rings. The van der Waals surface area contributed by atoms with Gasteiger partial charge in [0.25, 0.3) is 0 Å². The second-order valence-electron chi connectivity index (χ2n) is 4.43. The summed E-state index contributed by atoms with van der Waals surface area (Å²) in [5, 5.41) is 11.7. The highest BCUT2D eigenvalue weighted by molar-refractivity contribution is 6.32. The van der Waals surface area contributed by atoms with Crippen molar-refractivity contribution in [2.45, 2.75) is 12.8 Å². The molecule has 0 saturated carbocycles. The number of likely N-dealkylation sites (N-methyl/N-ethyl adjacent to an activating group) is 1. The molecule has 2 amide bonds. The standard InChI is InChI=1S/C14H19ClN2O4/c1-17(14(20)16-8-4-7-13(18)19)9-10-21-12-6-3-2-5-11(12)15/h2-3,5-6H,4,7-10H2,1H3,(H,16,20)(H,18,19). The van der Waals surface area contributed by atoms with Gasteiger partial charge in [-0.25, -0.2) is 4.79 Å². The van der Waals surface area contributed by atoms with E-state index in [1.807, 2.05) is 12.1 Å². The topological polar surface area (TPSA) is 78.9 Å². The number of para-hydroxylation sites is 1. The minimum Gasteiger partial charge on any atom is -0.490 e. The number of carboxylic acid groups (broad SMARTS) is 1.